The number of hydrogen-bond donors (Lipinski definition) is 2. The van der Waals surface area contributed by atoms with E-state index in [4.69, 9.17) is 10.6 Å². The van der Waals surface area contributed by atoms with Gasteiger partial charge in [-0.25, -0.2) is 0 Å². The zero-order valence-electron chi connectivity index (χ0n) is 9.36. The lowest BCUT2D eigenvalue weighted by Gasteiger charge is -2.20. The fraction of sp³-hybridized carbons (Fsp3) is 0.385. The van der Waals surface area contributed by atoms with Crippen LogP contribution in [0.4, 0.5) is 0 Å². The standard InChI is InChI=1S/C13H16N2O/c1-2-3-7-11(15-14)13-9-10-6-4-5-8-12(10)16-13/h4-6,8,11,13,15H,7,9,14H2,1H3. The summed E-state index contributed by atoms with van der Waals surface area (Å²) in [4.78, 5) is 0. The highest BCUT2D eigenvalue weighted by Crippen LogP contribution is 2.29. The van der Waals surface area contributed by atoms with Crippen LogP contribution in [0.5, 0.6) is 5.75 Å². The second-order valence-corrected chi connectivity index (χ2v) is 3.87. The van der Waals surface area contributed by atoms with Crippen molar-refractivity contribution in [2.24, 2.45) is 5.84 Å². The van der Waals surface area contributed by atoms with Gasteiger partial charge in [-0.05, 0) is 18.6 Å². The predicted molar refractivity (Wildman–Crippen MR) is 63.7 cm³/mol. The Morgan fingerprint density at radius 2 is 2.38 bits per heavy atom. The highest BCUT2D eigenvalue weighted by atomic mass is 16.5. The molecular formula is C13H16N2O. The number of fused-ring (bicyclic) bond motifs is 1. The monoisotopic (exact) mass is 216 g/mol. The van der Waals surface area contributed by atoms with Gasteiger partial charge in [0.15, 0.2) is 0 Å². The van der Waals surface area contributed by atoms with Gasteiger partial charge in [0.1, 0.15) is 11.9 Å². The molecule has 3 nitrogen and oxygen atoms in total. The number of para-hydroxylation sites is 1. The molecule has 0 amide bonds. The van der Waals surface area contributed by atoms with Crippen LogP contribution in [0.25, 0.3) is 0 Å². The molecule has 0 aliphatic carbocycles. The van der Waals surface area contributed by atoms with Gasteiger partial charge >= 0.3 is 0 Å². The van der Waals surface area contributed by atoms with Gasteiger partial charge < -0.3 is 4.74 Å². The minimum absolute atomic E-state index is 0.0832. The summed E-state index contributed by atoms with van der Waals surface area (Å²) < 4.78 is 5.85. The third-order valence-electron chi connectivity index (χ3n) is 2.83. The first kappa shape index (κ1) is 11.0. The molecule has 0 saturated carbocycles. The van der Waals surface area contributed by atoms with Gasteiger partial charge in [-0.1, -0.05) is 18.2 Å². The topological polar surface area (TPSA) is 47.3 Å². The van der Waals surface area contributed by atoms with E-state index in [2.05, 4.69) is 23.3 Å². The fourth-order valence-corrected chi connectivity index (χ4v) is 1.94. The van der Waals surface area contributed by atoms with E-state index in [1.165, 1.54) is 5.56 Å². The quantitative estimate of drug-likeness (QED) is 0.454. The van der Waals surface area contributed by atoms with E-state index >= 15 is 0 Å². The fourth-order valence-electron chi connectivity index (χ4n) is 1.94. The van der Waals surface area contributed by atoms with Crippen molar-refractivity contribution in [3.8, 4) is 17.6 Å². The van der Waals surface area contributed by atoms with Crippen LogP contribution in [0.1, 0.15) is 18.9 Å². The van der Waals surface area contributed by atoms with Crippen LogP contribution in [0, 0.1) is 11.8 Å². The minimum atomic E-state index is 0.0832. The molecule has 1 aliphatic heterocycles. The van der Waals surface area contributed by atoms with E-state index < -0.39 is 0 Å². The van der Waals surface area contributed by atoms with E-state index in [1.807, 2.05) is 25.1 Å². The average molecular weight is 216 g/mol. The summed E-state index contributed by atoms with van der Waals surface area (Å²) in [6, 6.07) is 8.18. The number of benzene rings is 1. The molecule has 0 saturated heterocycles. The Morgan fingerprint density at radius 3 is 3.06 bits per heavy atom. The zero-order valence-corrected chi connectivity index (χ0v) is 9.36. The maximum absolute atomic E-state index is 5.85. The van der Waals surface area contributed by atoms with Gasteiger partial charge in [-0.15, -0.1) is 11.8 Å². The van der Waals surface area contributed by atoms with Crippen LogP contribution in [0.2, 0.25) is 0 Å². The molecule has 16 heavy (non-hydrogen) atoms. The maximum Gasteiger partial charge on any atom is 0.123 e. The molecule has 1 aromatic carbocycles. The second kappa shape index (κ2) is 5.02. The summed E-state index contributed by atoms with van der Waals surface area (Å²) >= 11 is 0. The highest BCUT2D eigenvalue weighted by molar-refractivity contribution is 5.37. The maximum atomic E-state index is 5.85. The second-order valence-electron chi connectivity index (χ2n) is 3.87. The van der Waals surface area contributed by atoms with Crippen molar-refractivity contribution < 1.29 is 4.74 Å². The van der Waals surface area contributed by atoms with Crippen molar-refractivity contribution in [1.29, 1.82) is 0 Å². The van der Waals surface area contributed by atoms with Crippen molar-refractivity contribution in [3.63, 3.8) is 0 Å². The molecule has 3 N–H and O–H groups in total. The summed E-state index contributed by atoms with van der Waals surface area (Å²) in [7, 11) is 0. The number of hydrogen-bond acceptors (Lipinski definition) is 3. The third kappa shape index (κ3) is 2.19. The molecule has 2 atom stereocenters. The molecule has 0 spiro atoms. The molecule has 84 valence electrons. The molecule has 1 aliphatic rings. The number of rotatable bonds is 3. The lowest BCUT2D eigenvalue weighted by Crippen LogP contribution is -2.45. The van der Waals surface area contributed by atoms with Crippen molar-refractivity contribution in [3.05, 3.63) is 29.8 Å². The van der Waals surface area contributed by atoms with E-state index in [0.717, 1.165) is 12.2 Å². The van der Waals surface area contributed by atoms with Crippen LogP contribution in [-0.2, 0) is 6.42 Å². The molecular weight excluding hydrogens is 200 g/mol. The van der Waals surface area contributed by atoms with Crippen LogP contribution >= 0.6 is 0 Å². The van der Waals surface area contributed by atoms with E-state index in [0.29, 0.717) is 6.42 Å². The Morgan fingerprint density at radius 1 is 1.56 bits per heavy atom. The first-order valence-corrected chi connectivity index (χ1v) is 5.45. The molecule has 0 fully saturated rings. The number of ether oxygens (including phenoxy) is 1. The van der Waals surface area contributed by atoms with Gasteiger partial charge in [0.2, 0.25) is 0 Å². The third-order valence-corrected chi connectivity index (χ3v) is 2.83. The number of nitrogens with two attached hydrogens (primary N) is 1. The highest BCUT2D eigenvalue weighted by Gasteiger charge is 2.28. The molecule has 2 unspecified atom stereocenters. The van der Waals surface area contributed by atoms with Crippen molar-refractivity contribution in [2.75, 3.05) is 0 Å². The molecule has 1 aromatic rings. The molecule has 2 rings (SSSR count). The van der Waals surface area contributed by atoms with Gasteiger partial charge in [0.05, 0.1) is 6.04 Å². The van der Waals surface area contributed by atoms with Gasteiger partial charge in [0.25, 0.3) is 0 Å². The van der Waals surface area contributed by atoms with E-state index in [-0.39, 0.29) is 12.1 Å². The Labute approximate surface area is 96.0 Å². The van der Waals surface area contributed by atoms with E-state index in [9.17, 15) is 0 Å². The zero-order chi connectivity index (χ0) is 11.4. The average Bonchev–Trinajstić information content (AvgIpc) is 2.73. The number of hydrazine groups is 1. The SMILES string of the molecule is CC#CCC(NN)C1Cc2ccccc2O1. The molecule has 1 heterocycles. The minimum Gasteiger partial charge on any atom is -0.488 e. The summed E-state index contributed by atoms with van der Waals surface area (Å²) in [5, 5.41) is 0. The van der Waals surface area contributed by atoms with Gasteiger partial charge in [-0.3, -0.25) is 11.3 Å². The Kier molecular flexibility index (Phi) is 3.45. The molecule has 0 radical (unpaired) electrons. The normalized spacial score (nSPS) is 19.2. The van der Waals surface area contributed by atoms with Crippen LogP contribution < -0.4 is 16.0 Å². The van der Waals surface area contributed by atoms with Crippen molar-refractivity contribution in [2.45, 2.75) is 31.9 Å². The summed E-state index contributed by atoms with van der Waals surface area (Å²) in [6.45, 7) is 1.83. The first-order chi connectivity index (χ1) is 7.85. The van der Waals surface area contributed by atoms with Gasteiger partial charge in [0, 0.05) is 12.8 Å². The summed E-state index contributed by atoms with van der Waals surface area (Å²) in [5.41, 5.74) is 4.03. The van der Waals surface area contributed by atoms with Crippen molar-refractivity contribution in [1.82, 2.24) is 5.43 Å². The Balaban J connectivity index is 2.05. The Bertz CT molecular complexity index is 394. The van der Waals surface area contributed by atoms with E-state index in [1.54, 1.807) is 0 Å². The lowest BCUT2D eigenvalue weighted by atomic mass is 10.0. The smallest absolute Gasteiger partial charge is 0.123 e. The molecule has 3 heteroatoms. The molecule has 0 bridgehead atoms. The van der Waals surface area contributed by atoms with Crippen LogP contribution in [0.3, 0.4) is 0 Å². The van der Waals surface area contributed by atoms with Crippen molar-refractivity contribution >= 4 is 0 Å². The number of nitrogens with one attached hydrogen (secondary N) is 1. The van der Waals surface area contributed by atoms with Gasteiger partial charge in [-0.2, -0.15) is 0 Å². The molecule has 0 aromatic heterocycles. The van der Waals surface area contributed by atoms with Crippen LogP contribution in [0.15, 0.2) is 24.3 Å². The predicted octanol–water partition coefficient (Wildman–Crippen LogP) is 1.24. The lowest BCUT2D eigenvalue weighted by molar-refractivity contribution is 0.180. The largest absolute Gasteiger partial charge is 0.488 e. The summed E-state index contributed by atoms with van der Waals surface area (Å²) in [6.07, 6.45) is 1.70. The summed E-state index contributed by atoms with van der Waals surface area (Å²) in [5.74, 6) is 12.4. The Hall–Kier alpha value is -1.50. The van der Waals surface area contributed by atoms with Crippen LogP contribution in [-0.4, -0.2) is 12.1 Å². The first-order valence-electron chi connectivity index (χ1n) is 5.45.